The van der Waals surface area contributed by atoms with Crippen LogP contribution in [0.2, 0.25) is 10.0 Å². The van der Waals surface area contributed by atoms with E-state index in [1.165, 1.54) is 17.0 Å². The van der Waals surface area contributed by atoms with E-state index < -0.39 is 35.6 Å². The summed E-state index contributed by atoms with van der Waals surface area (Å²) in [6.07, 6.45) is -0.0706. The number of anilines is 1. The molecular formula is C31H28Cl2FN5O4. The number of hydrogen-bond donors (Lipinski definition) is 3. The first kappa shape index (κ1) is 31.6. The Hall–Kier alpha value is -4.30. The molecule has 222 valence electrons. The largest absolute Gasteiger partial charge is 0.342 e. The molecule has 4 rings (SSSR count). The molecule has 2 atom stereocenters. The Bertz CT molecular complexity index is 1590. The van der Waals surface area contributed by atoms with Crippen molar-refractivity contribution in [3.8, 4) is 6.07 Å². The molecule has 43 heavy (non-hydrogen) atoms. The van der Waals surface area contributed by atoms with Gasteiger partial charge in [0, 0.05) is 31.4 Å². The van der Waals surface area contributed by atoms with Crippen molar-refractivity contribution in [2.75, 3.05) is 11.9 Å². The molecule has 0 aromatic heterocycles. The number of carbonyl (C=O) groups excluding carboxylic acids is 4. The Kier molecular flexibility index (Phi) is 10.5. The number of halogens is 3. The number of hydrogen-bond acceptors (Lipinski definition) is 6. The predicted molar refractivity (Wildman–Crippen MR) is 160 cm³/mol. The second-order valence-electron chi connectivity index (χ2n) is 9.98. The van der Waals surface area contributed by atoms with Gasteiger partial charge < -0.3 is 21.3 Å². The van der Waals surface area contributed by atoms with Crippen molar-refractivity contribution in [3.63, 3.8) is 0 Å². The van der Waals surface area contributed by atoms with Gasteiger partial charge in [-0.05, 0) is 48.4 Å². The van der Waals surface area contributed by atoms with E-state index in [0.717, 1.165) is 5.56 Å². The van der Waals surface area contributed by atoms with E-state index >= 15 is 0 Å². The highest BCUT2D eigenvalue weighted by Crippen LogP contribution is 2.30. The number of carbonyl (C=O) groups is 4. The van der Waals surface area contributed by atoms with Crippen LogP contribution in [0.15, 0.2) is 60.7 Å². The number of nitriles is 1. The normalized spacial score (nSPS) is 14.7. The summed E-state index contributed by atoms with van der Waals surface area (Å²) in [4.78, 5) is 54.2. The maximum absolute atomic E-state index is 14.6. The Morgan fingerprint density at radius 2 is 1.79 bits per heavy atom. The average molecular weight is 625 g/mol. The molecule has 4 N–H and O–H groups in total. The van der Waals surface area contributed by atoms with Crippen molar-refractivity contribution >= 4 is 52.4 Å². The lowest BCUT2D eigenvalue weighted by Crippen LogP contribution is -2.56. The SMILES string of the molecule is N#Cc1ccc2c(c1)CN(C(=O)CCC(=O)c1ccccc1)[C@H](C(=O)NC(CCN)C(=O)Nc1ccc(Cl)c(Cl)c1F)C2. The predicted octanol–water partition coefficient (Wildman–Crippen LogP) is 4.39. The van der Waals surface area contributed by atoms with Gasteiger partial charge >= 0.3 is 0 Å². The Morgan fingerprint density at radius 1 is 1.05 bits per heavy atom. The molecule has 0 saturated carbocycles. The number of Topliss-reactive ketones (excluding diaryl/α,β-unsaturated/α-hetero) is 1. The molecule has 0 spiro atoms. The number of ketones is 1. The van der Waals surface area contributed by atoms with Gasteiger partial charge in [0.05, 0.1) is 27.4 Å². The molecule has 0 aliphatic carbocycles. The Balaban J connectivity index is 1.54. The third-order valence-electron chi connectivity index (χ3n) is 7.13. The van der Waals surface area contributed by atoms with Crippen molar-refractivity contribution < 1.29 is 23.6 Å². The van der Waals surface area contributed by atoms with E-state index in [1.807, 2.05) is 0 Å². The lowest BCUT2D eigenvalue weighted by Gasteiger charge is -2.37. The lowest BCUT2D eigenvalue weighted by atomic mass is 9.91. The van der Waals surface area contributed by atoms with Crippen LogP contribution in [0, 0.1) is 17.1 Å². The second kappa shape index (κ2) is 14.2. The summed E-state index contributed by atoms with van der Waals surface area (Å²) in [7, 11) is 0. The van der Waals surface area contributed by atoms with Crippen LogP contribution < -0.4 is 16.4 Å². The molecule has 0 saturated heterocycles. The summed E-state index contributed by atoms with van der Waals surface area (Å²) in [6.45, 7) is 0.0560. The summed E-state index contributed by atoms with van der Waals surface area (Å²) >= 11 is 11.7. The number of nitrogens with one attached hydrogen (secondary N) is 2. The van der Waals surface area contributed by atoms with Crippen molar-refractivity contribution in [1.82, 2.24) is 10.2 Å². The van der Waals surface area contributed by atoms with Gasteiger partial charge in [0.25, 0.3) is 0 Å². The van der Waals surface area contributed by atoms with Crippen LogP contribution in [0.4, 0.5) is 10.1 Å². The summed E-state index contributed by atoms with van der Waals surface area (Å²) in [6, 6.07) is 16.0. The van der Waals surface area contributed by atoms with Crippen LogP contribution >= 0.6 is 23.2 Å². The van der Waals surface area contributed by atoms with E-state index in [4.69, 9.17) is 28.9 Å². The van der Waals surface area contributed by atoms with Gasteiger partial charge in [0.2, 0.25) is 17.7 Å². The van der Waals surface area contributed by atoms with Gasteiger partial charge in [0.15, 0.2) is 11.6 Å². The van der Waals surface area contributed by atoms with Gasteiger partial charge in [-0.3, -0.25) is 19.2 Å². The second-order valence-corrected chi connectivity index (χ2v) is 10.8. The van der Waals surface area contributed by atoms with Crippen LogP contribution in [0.1, 0.15) is 46.3 Å². The summed E-state index contributed by atoms with van der Waals surface area (Å²) in [5.74, 6) is -2.94. The third-order valence-corrected chi connectivity index (χ3v) is 7.91. The van der Waals surface area contributed by atoms with Crippen LogP contribution in [0.25, 0.3) is 0 Å². The van der Waals surface area contributed by atoms with Crippen molar-refractivity contribution in [3.05, 3.63) is 98.8 Å². The lowest BCUT2D eigenvalue weighted by molar-refractivity contribution is -0.142. The van der Waals surface area contributed by atoms with Crippen molar-refractivity contribution in [2.45, 2.75) is 44.3 Å². The molecule has 1 heterocycles. The maximum atomic E-state index is 14.6. The molecule has 3 amide bonds. The van der Waals surface area contributed by atoms with E-state index in [0.29, 0.717) is 16.7 Å². The first-order valence-electron chi connectivity index (χ1n) is 13.5. The zero-order chi connectivity index (χ0) is 31.1. The minimum atomic E-state index is -1.16. The standard InChI is InChI=1S/C31H28Cl2FN5O4/c32-22-8-9-23(29(34)28(22)33)37-30(42)24(12-13-35)38-31(43)25-15-20-7-6-18(16-36)14-21(20)17-39(25)27(41)11-10-26(40)19-4-2-1-3-5-19/h1-9,14,24-25H,10-13,15,17,35H2,(H,37,42)(H,38,43)/t24?,25-/m0/s1. The fraction of sp³-hybridized carbons (Fsp3) is 0.258. The number of nitrogens with two attached hydrogens (primary N) is 1. The molecule has 0 radical (unpaired) electrons. The Morgan fingerprint density at radius 3 is 2.49 bits per heavy atom. The van der Waals surface area contributed by atoms with Crippen LogP contribution in [0.5, 0.6) is 0 Å². The molecule has 1 aliphatic rings. The summed E-state index contributed by atoms with van der Waals surface area (Å²) in [5.41, 5.74) is 7.83. The molecule has 1 aliphatic heterocycles. The van der Waals surface area contributed by atoms with Gasteiger partial charge in [-0.15, -0.1) is 0 Å². The molecule has 12 heteroatoms. The highest BCUT2D eigenvalue weighted by Gasteiger charge is 2.36. The third kappa shape index (κ3) is 7.56. The van der Waals surface area contributed by atoms with Crippen LogP contribution in [0.3, 0.4) is 0 Å². The minimum Gasteiger partial charge on any atom is -0.342 e. The highest BCUT2D eigenvalue weighted by molar-refractivity contribution is 6.42. The van der Waals surface area contributed by atoms with Crippen molar-refractivity contribution in [2.24, 2.45) is 5.73 Å². The quantitative estimate of drug-likeness (QED) is 0.225. The van der Waals surface area contributed by atoms with Gasteiger partial charge in [-0.1, -0.05) is 59.6 Å². The smallest absolute Gasteiger partial charge is 0.247 e. The number of benzene rings is 3. The highest BCUT2D eigenvalue weighted by atomic mass is 35.5. The molecular weight excluding hydrogens is 596 g/mol. The van der Waals surface area contributed by atoms with Crippen LogP contribution in [-0.2, 0) is 27.3 Å². The van der Waals surface area contributed by atoms with Crippen LogP contribution in [-0.4, -0.2) is 47.0 Å². The number of rotatable bonds is 10. The molecule has 3 aromatic carbocycles. The number of nitrogens with zero attached hydrogens (tertiary/aromatic N) is 2. The maximum Gasteiger partial charge on any atom is 0.247 e. The van der Waals surface area contributed by atoms with Crippen molar-refractivity contribution in [1.29, 1.82) is 5.26 Å². The average Bonchev–Trinajstić information content (AvgIpc) is 3.02. The van der Waals surface area contributed by atoms with E-state index in [-0.39, 0.29) is 60.3 Å². The van der Waals surface area contributed by atoms with E-state index in [1.54, 1.807) is 48.5 Å². The number of fused-ring (bicyclic) bond motifs is 1. The fourth-order valence-corrected chi connectivity index (χ4v) is 5.14. The van der Waals surface area contributed by atoms with Gasteiger partial charge in [0.1, 0.15) is 12.1 Å². The first-order valence-corrected chi connectivity index (χ1v) is 14.2. The molecule has 3 aromatic rings. The topological polar surface area (TPSA) is 145 Å². The Labute approximate surface area is 257 Å². The summed E-state index contributed by atoms with van der Waals surface area (Å²) < 4.78 is 14.6. The first-order chi connectivity index (χ1) is 20.6. The summed E-state index contributed by atoms with van der Waals surface area (Å²) in [5, 5.41) is 14.0. The van der Waals surface area contributed by atoms with Gasteiger partial charge in [-0.25, -0.2) is 4.39 Å². The molecule has 0 bridgehead atoms. The molecule has 1 unspecified atom stereocenters. The number of amides is 3. The minimum absolute atomic E-state index is 0.0227. The zero-order valence-electron chi connectivity index (χ0n) is 22.9. The fourth-order valence-electron chi connectivity index (χ4n) is 4.83. The van der Waals surface area contributed by atoms with E-state index in [9.17, 15) is 28.8 Å². The van der Waals surface area contributed by atoms with E-state index in [2.05, 4.69) is 16.7 Å². The van der Waals surface area contributed by atoms with Gasteiger partial charge in [-0.2, -0.15) is 5.26 Å². The molecule has 0 fully saturated rings. The zero-order valence-corrected chi connectivity index (χ0v) is 24.4. The molecule has 9 nitrogen and oxygen atoms in total. The monoisotopic (exact) mass is 623 g/mol.